The second kappa shape index (κ2) is 8.99. The third-order valence-electron chi connectivity index (χ3n) is 2.83. The molecule has 0 saturated carbocycles. The van der Waals surface area contributed by atoms with E-state index in [1.807, 2.05) is 12.1 Å². The highest BCUT2D eigenvalue weighted by Crippen LogP contribution is 2.09. The van der Waals surface area contributed by atoms with Crippen LogP contribution in [0, 0.1) is 0 Å². The molecule has 0 aliphatic rings. The minimum absolute atomic E-state index is 0.578. The van der Waals surface area contributed by atoms with Crippen LogP contribution in [-0.4, -0.2) is 11.6 Å². The molecule has 0 aliphatic carbocycles. The number of pyridine rings is 1. The van der Waals surface area contributed by atoms with Crippen molar-refractivity contribution in [2.45, 2.75) is 52.1 Å². The van der Waals surface area contributed by atoms with Gasteiger partial charge in [-0.1, -0.05) is 45.1 Å². The minimum atomic E-state index is 0.578. The Morgan fingerprint density at radius 3 is 2.71 bits per heavy atom. The number of rotatable bonds is 9. The normalized spacial score (nSPS) is 10.6. The molecule has 0 fully saturated rings. The zero-order chi connectivity index (χ0) is 12.3. The summed E-state index contributed by atoms with van der Waals surface area (Å²) in [5.41, 5.74) is 6.71. The summed E-state index contributed by atoms with van der Waals surface area (Å²) in [7, 11) is 0. The summed E-state index contributed by atoms with van der Waals surface area (Å²) in [6, 6.07) is 3.85. The summed E-state index contributed by atoms with van der Waals surface area (Å²) in [4.78, 5) is 4.03. The van der Waals surface area contributed by atoms with Crippen molar-refractivity contribution in [1.82, 2.24) is 4.98 Å². The van der Waals surface area contributed by atoms with Crippen molar-refractivity contribution in [1.29, 1.82) is 0 Å². The number of unbranched alkanes of at least 4 members (excludes halogenated alkanes) is 5. The highest BCUT2D eigenvalue weighted by molar-refractivity contribution is 5.37. The number of nitrogens with two attached hydrogens (primary N) is 1. The Kier molecular flexibility index (Phi) is 7.39. The molecule has 0 aromatic carbocycles. The average molecular weight is 236 g/mol. The second-order valence-corrected chi connectivity index (χ2v) is 4.37. The first-order valence-corrected chi connectivity index (χ1v) is 6.61. The maximum absolute atomic E-state index is 5.73. The van der Waals surface area contributed by atoms with Crippen LogP contribution in [0.2, 0.25) is 0 Å². The smallest absolute Gasteiger partial charge is 0.128 e. The van der Waals surface area contributed by atoms with E-state index in [0.29, 0.717) is 12.4 Å². The number of hydrogen-bond acceptors (Lipinski definition) is 3. The lowest BCUT2D eigenvalue weighted by Crippen LogP contribution is -2.01. The van der Waals surface area contributed by atoms with Crippen LogP contribution in [-0.2, 0) is 11.3 Å². The van der Waals surface area contributed by atoms with Gasteiger partial charge in [0.05, 0.1) is 6.61 Å². The van der Waals surface area contributed by atoms with E-state index < -0.39 is 0 Å². The Hall–Kier alpha value is -1.09. The van der Waals surface area contributed by atoms with Crippen molar-refractivity contribution in [2.24, 2.45) is 0 Å². The van der Waals surface area contributed by atoms with Gasteiger partial charge in [-0.15, -0.1) is 0 Å². The highest BCUT2D eigenvalue weighted by atomic mass is 16.5. The van der Waals surface area contributed by atoms with Crippen LogP contribution in [0.3, 0.4) is 0 Å². The fourth-order valence-corrected chi connectivity index (χ4v) is 1.74. The zero-order valence-corrected chi connectivity index (χ0v) is 10.8. The van der Waals surface area contributed by atoms with Gasteiger partial charge in [0.1, 0.15) is 5.82 Å². The van der Waals surface area contributed by atoms with Crippen molar-refractivity contribution in [3.63, 3.8) is 0 Å². The van der Waals surface area contributed by atoms with E-state index in [-0.39, 0.29) is 0 Å². The molecule has 1 aromatic heterocycles. The van der Waals surface area contributed by atoms with E-state index in [2.05, 4.69) is 11.9 Å². The molecule has 1 rings (SSSR count). The van der Waals surface area contributed by atoms with Crippen molar-refractivity contribution in [3.8, 4) is 0 Å². The maximum atomic E-state index is 5.73. The lowest BCUT2D eigenvalue weighted by molar-refractivity contribution is 0.117. The fraction of sp³-hybridized carbons (Fsp3) is 0.643. The van der Waals surface area contributed by atoms with E-state index in [1.165, 1.54) is 32.1 Å². The Balaban J connectivity index is 1.99. The molecule has 1 heterocycles. The van der Waals surface area contributed by atoms with Gasteiger partial charge in [-0.05, 0) is 12.5 Å². The molecular formula is C14H24N2O. The molecule has 0 atom stereocenters. The number of nitrogens with zero attached hydrogens (tertiary/aromatic N) is 1. The first kappa shape index (κ1) is 14.0. The molecular weight excluding hydrogens is 212 g/mol. The van der Waals surface area contributed by atoms with Gasteiger partial charge in [0.15, 0.2) is 0 Å². The Morgan fingerprint density at radius 2 is 1.94 bits per heavy atom. The van der Waals surface area contributed by atoms with Gasteiger partial charge >= 0.3 is 0 Å². The molecule has 96 valence electrons. The number of nitrogen functional groups attached to an aromatic ring is 1. The Morgan fingerprint density at radius 1 is 1.18 bits per heavy atom. The van der Waals surface area contributed by atoms with Crippen LogP contribution in [0.5, 0.6) is 0 Å². The first-order valence-electron chi connectivity index (χ1n) is 6.61. The van der Waals surface area contributed by atoms with Gasteiger partial charge in [0.25, 0.3) is 0 Å². The standard InChI is InChI=1S/C14H24N2O/c1-2-3-4-5-6-7-11-17-12-13-9-8-10-16-14(13)15/h8-10H,2-7,11-12H2,1H3,(H2,15,16). The van der Waals surface area contributed by atoms with Crippen molar-refractivity contribution in [2.75, 3.05) is 12.3 Å². The molecule has 0 bridgehead atoms. The van der Waals surface area contributed by atoms with Gasteiger partial charge < -0.3 is 10.5 Å². The topological polar surface area (TPSA) is 48.1 Å². The van der Waals surface area contributed by atoms with Crippen molar-refractivity contribution < 1.29 is 4.74 Å². The lowest BCUT2D eigenvalue weighted by Gasteiger charge is -2.06. The monoisotopic (exact) mass is 236 g/mol. The lowest BCUT2D eigenvalue weighted by atomic mass is 10.1. The van der Waals surface area contributed by atoms with Crippen LogP contribution in [0.1, 0.15) is 51.0 Å². The second-order valence-electron chi connectivity index (χ2n) is 4.37. The number of hydrogen-bond donors (Lipinski definition) is 1. The van der Waals surface area contributed by atoms with Crippen molar-refractivity contribution in [3.05, 3.63) is 23.9 Å². The summed E-state index contributed by atoms with van der Waals surface area (Å²) >= 11 is 0. The molecule has 2 N–H and O–H groups in total. The minimum Gasteiger partial charge on any atom is -0.383 e. The number of aromatic nitrogens is 1. The molecule has 0 unspecified atom stereocenters. The van der Waals surface area contributed by atoms with E-state index in [1.54, 1.807) is 6.20 Å². The van der Waals surface area contributed by atoms with Gasteiger partial charge in [-0.2, -0.15) is 0 Å². The predicted octanol–water partition coefficient (Wildman–Crippen LogP) is 3.54. The van der Waals surface area contributed by atoms with E-state index >= 15 is 0 Å². The summed E-state index contributed by atoms with van der Waals surface area (Å²) < 4.78 is 5.59. The molecule has 1 aromatic rings. The first-order chi connectivity index (χ1) is 8.34. The molecule has 17 heavy (non-hydrogen) atoms. The number of ether oxygens (including phenoxy) is 1. The molecule has 3 heteroatoms. The highest BCUT2D eigenvalue weighted by Gasteiger charge is 1.98. The molecule has 0 amide bonds. The Labute approximate surface area is 104 Å². The molecule has 0 saturated heterocycles. The summed E-state index contributed by atoms with van der Waals surface area (Å²) in [5, 5.41) is 0. The SMILES string of the molecule is CCCCCCCCOCc1cccnc1N. The zero-order valence-electron chi connectivity index (χ0n) is 10.8. The molecule has 3 nitrogen and oxygen atoms in total. The van der Waals surface area contributed by atoms with E-state index in [9.17, 15) is 0 Å². The number of anilines is 1. The van der Waals surface area contributed by atoms with E-state index in [4.69, 9.17) is 10.5 Å². The Bertz CT molecular complexity index is 302. The van der Waals surface area contributed by atoms with Gasteiger partial charge in [-0.25, -0.2) is 4.98 Å². The average Bonchev–Trinajstić information content (AvgIpc) is 2.35. The predicted molar refractivity (Wildman–Crippen MR) is 71.7 cm³/mol. The largest absolute Gasteiger partial charge is 0.383 e. The van der Waals surface area contributed by atoms with Gasteiger partial charge in [0.2, 0.25) is 0 Å². The molecule has 0 aliphatic heterocycles. The van der Waals surface area contributed by atoms with Gasteiger partial charge in [0, 0.05) is 18.4 Å². The molecule has 0 spiro atoms. The van der Waals surface area contributed by atoms with Crippen molar-refractivity contribution >= 4 is 5.82 Å². The third kappa shape index (κ3) is 6.27. The quantitative estimate of drug-likeness (QED) is 0.667. The summed E-state index contributed by atoms with van der Waals surface area (Å²) in [5.74, 6) is 0.579. The maximum Gasteiger partial charge on any atom is 0.128 e. The van der Waals surface area contributed by atoms with Crippen LogP contribution < -0.4 is 5.73 Å². The van der Waals surface area contributed by atoms with Crippen LogP contribution in [0.25, 0.3) is 0 Å². The summed E-state index contributed by atoms with van der Waals surface area (Å²) in [6.07, 6.45) is 9.45. The van der Waals surface area contributed by atoms with Gasteiger partial charge in [-0.3, -0.25) is 0 Å². The van der Waals surface area contributed by atoms with Crippen LogP contribution in [0.15, 0.2) is 18.3 Å². The molecule has 0 radical (unpaired) electrons. The third-order valence-corrected chi connectivity index (χ3v) is 2.83. The van der Waals surface area contributed by atoms with Crippen LogP contribution >= 0.6 is 0 Å². The summed E-state index contributed by atoms with van der Waals surface area (Å²) in [6.45, 7) is 3.64. The van der Waals surface area contributed by atoms with E-state index in [0.717, 1.165) is 18.6 Å². The fourth-order valence-electron chi connectivity index (χ4n) is 1.74. The van der Waals surface area contributed by atoms with Crippen LogP contribution in [0.4, 0.5) is 5.82 Å².